The van der Waals surface area contributed by atoms with Gasteiger partial charge in [-0.3, -0.25) is 4.79 Å². The molecule has 33 heavy (non-hydrogen) atoms. The first-order valence-corrected chi connectivity index (χ1v) is 10.5. The lowest BCUT2D eigenvalue weighted by atomic mass is 10.1. The minimum atomic E-state index is -1.02. The molecule has 9 heteroatoms. The van der Waals surface area contributed by atoms with Gasteiger partial charge in [0.2, 0.25) is 5.91 Å². The van der Waals surface area contributed by atoms with Gasteiger partial charge in [0.1, 0.15) is 35.3 Å². The number of para-hydroxylation sites is 1. The first kappa shape index (κ1) is 22.3. The minimum absolute atomic E-state index is 0.0499. The number of rotatable bonds is 8. The predicted molar refractivity (Wildman–Crippen MR) is 125 cm³/mol. The van der Waals surface area contributed by atoms with Gasteiger partial charge in [-0.05, 0) is 36.8 Å². The van der Waals surface area contributed by atoms with E-state index in [1.807, 2.05) is 60.8 Å². The van der Waals surface area contributed by atoms with E-state index < -0.39 is 18.8 Å². The van der Waals surface area contributed by atoms with Crippen LogP contribution in [-0.2, 0) is 4.79 Å². The quantitative estimate of drug-likeness (QED) is 0.326. The first-order valence-electron chi connectivity index (χ1n) is 10.5. The Morgan fingerprint density at radius 2 is 1.82 bits per heavy atom. The number of hydrogen-bond donors (Lipinski definition) is 4. The van der Waals surface area contributed by atoms with Crippen LogP contribution in [0.3, 0.4) is 0 Å². The molecular formula is C24H25N5O4. The summed E-state index contributed by atoms with van der Waals surface area (Å²) in [5.74, 6) is 1.41. The summed E-state index contributed by atoms with van der Waals surface area (Å²) in [6.45, 7) is 1.24. The largest absolute Gasteiger partial charge is 0.457 e. The molecular weight excluding hydrogens is 422 g/mol. The normalized spacial score (nSPS) is 12.9. The molecule has 0 aliphatic carbocycles. The van der Waals surface area contributed by atoms with E-state index in [-0.39, 0.29) is 12.5 Å². The molecule has 0 fully saturated rings. The van der Waals surface area contributed by atoms with Crippen LogP contribution in [0, 0.1) is 0 Å². The van der Waals surface area contributed by atoms with Crippen LogP contribution in [0.15, 0.2) is 67.1 Å². The molecule has 5 N–H and O–H groups in total. The second-order valence-corrected chi connectivity index (χ2v) is 7.60. The number of ether oxygens (including phenoxy) is 1. The number of amides is 1. The van der Waals surface area contributed by atoms with Crippen molar-refractivity contribution in [2.45, 2.75) is 19.1 Å². The maximum atomic E-state index is 12.6. The average molecular weight is 447 g/mol. The molecule has 0 aliphatic heterocycles. The zero-order valence-corrected chi connectivity index (χ0v) is 18.0. The number of nitrogens with two attached hydrogens (primary N) is 1. The summed E-state index contributed by atoms with van der Waals surface area (Å²) in [6.07, 6.45) is 2.15. The van der Waals surface area contributed by atoms with Crippen molar-refractivity contribution in [3.05, 3.63) is 67.1 Å². The van der Waals surface area contributed by atoms with Crippen molar-refractivity contribution in [3.63, 3.8) is 0 Å². The monoisotopic (exact) mass is 447 g/mol. The molecule has 0 bridgehead atoms. The van der Waals surface area contributed by atoms with Crippen molar-refractivity contribution < 1.29 is 19.7 Å². The fourth-order valence-electron chi connectivity index (χ4n) is 3.51. The summed E-state index contributed by atoms with van der Waals surface area (Å²) in [5, 5.41) is 21.7. The number of nitrogens with one attached hydrogen (secondary N) is 1. The van der Waals surface area contributed by atoms with Gasteiger partial charge in [-0.2, -0.15) is 0 Å². The summed E-state index contributed by atoms with van der Waals surface area (Å²) < 4.78 is 7.58. The molecule has 1 amide bonds. The Bertz CT molecular complexity index is 1240. The molecule has 2 atom stereocenters. The molecule has 0 saturated heterocycles. The lowest BCUT2D eigenvalue weighted by Gasteiger charge is -2.16. The number of aromatic nitrogens is 3. The van der Waals surface area contributed by atoms with E-state index in [1.165, 1.54) is 6.33 Å². The smallest absolute Gasteiger partial charge is 0.242 e. The zero-order chi connectivity index (χ0) is 23.4. The van der Waals surface area contributed by atoms with Crippen molar-refractivity contribution in [3.8, 4) is 22.6 Å². The summed E-state index contributed by atoms with van der Waals surface area (Å²) in [6, 6.07) is 16.4. The third kappa shape index (κ3) is 4.79. The van der Waals surface area contributed by atoms with Crippen LogP contribution < -0.4 is 15.8 Å². The number of aliphatic hydroxyl groups is 2. The lowest BCUT2D eigenvalue weighted by molar-refractivity contribution is -0.124. The maximum Gasteiger partial charge on any atom is 0.242 e. The van der Waals surface area contributed by atoms with Gasteiger partial charge in [0.05, 0.1) is 18.1 Å². The van der Waals surface area contributed by atoms with E-state index in [0.29, 0.717) is 22.6 Å². The van der Waals surface area contributed by atoms with E-state index >= 15 is 0 Å². The van der Waals surface area contributed by atoms with Crippen molar-refractivity contribution in [1.29, 1.82) is 0 Å². The van der Waals surface area contributed by atoms with E-state index in [0.717, 1.165) is 16.9 Å². The SMILES string of the molecule is C[C@H](C(=O)NCC(O)CO)n1cc(-c2ccc(Oc3ccccc3)cc2)c2c(N)ncnc21. The number of anilines is 1. The standard InChI is InChI=1S/C24H25N5O4/c1-15(24(32)26-11-17(31)13-30)29-12-20(21-22(25)27-14-28-23(21)29)16-7-9-19(10-8-16)33-18-5-3-2-4-6-18/h2-10,12,14-15,17,30-31H,11,13H2,1H3,(H,26,32)(H2,25,27,28)/t15-,17?/m1/s1. The average Bonchev–Trinajstić information content (AvgIpc) is 3.24. The molecule has 0 saturated carbocycles. The fraction of sp³-hybridized carbons (Fsp3) is 0.208. The fourth-order valence-corrected chi connectivity index (χ4v) is 3.51. The van der Waals surface area contributed by atoms with E-state index in [2.05, 4.69) is 15.3 Å². The molecule has 0 aliphatic rings. The highest BCUT2D eigenvalue weighted by Gasteiger charge is 2.22. The Kier molecular flexibility index (Phi) is 6.53. The number of carbonyl (C=O) groups excluding carboxylic acids is 1. The van der Waals surface area contributed by atoms with Crippen LogP contribution >= 0.6 is 0 Å². The van der Waals surface area contributed by atoms with E-state index in [4.69, 9.17) is 15.6 Å². The van der Waals surface area contributed by atoms with Crippen molar-refractivity contribution in [2.24, 2.45) is 0 Å². The van der Waals surface area contributed by atoms with Crippen LogP contribution in [0.1, 0.15) is 13.0 Å². The highest BCUT2D eigenvalue weighted by molar-refractivity contribution is 6.01. The van der Waals surface area contributed by atoms with Crippen molar-refractivity contribution >= 4 is 22.8 Å². The Morgan fingerprint density at radius 3 is 2.52 bits per heavy atom. The first-order chi connectivity index (χ1) is 16.0. The molecule has 2 aromatic carbocycles. The Labute approximate surface area is 190 Å². The molecule has 4 aromatic rings. The third-order valence-corrected chi connectivity index (χ3v) is 5.30. The van der Waals surface area contributed by atoms with Gasteiger partial charge in [0, 0.05) is 18.3 Å². The number of benzene rings is 2. The van der Waals surface area contributed by atoms with Gasteiger partial charge in [0.25, 0.3) is 0 Å². The zero-order valence-electron chi connectivity index (χ0n) is 18.0. The summed E-state index contributed by atoms with van der Waals surface area (Å²) >= 11 is 0. The molecule has 2 heterocycles. The second kappa shape index (κ2) is 9.68. The highest BCUT2D eigenvalue weighted by Crippen LogP contribution is 2.35. The number of fused-ring (bicyclic) bond motifs is 1. The summed E-state index contributed by atoms with van der Waals surface area (Å²) in [7, 11) is 0. The Balaban J connectivity index is 1.65. The molecule has 1 unspecified atom stereocenters. The maximum absolute atomic E-state index is 12.6. The number of aliphatic hydroxyl groups excluding tert-OH is 2. The highest BCUT2D eigenvalue weighted by atomic mass is 16.5. The Morgan fingerprint density at radius 1 is 1.12 bits per heavy atom. The number of nitrogen functional groups attached to an aromatic ring is 1. The predicted octanol–water partition coefficient (Wildman–Crippen LogP) is 2.50. The third-order valence-electron chi connectivity index (χ3n) is 5.30. The minimum Gasteiger partial charge on any atom is -0.457 e. The summed E-state index contributed by atoms with van der Waals surface area (Å²) in [4.78, 5) is 21.1. The van der Waals surface area contributed by atoms with E-state index in [9.17, 15) is 9.90 Å². The topological polar surface area (TPSA) is 136 Å². The number of carbonyl (C=O) groups is 1. The van der Waals surface area contributed by atoms with Gasteiger partial charge in [0.15, 0.2) is 0 Å². The van der Waals surface area contributed by atoms with Crippen molar-refractivity contribution in [1.82, 2.24) is 19.9 Å². The second-order valence-electron chi connectivity index (χ2n) is 7.60. The van der Waals surface area contributed by atoms with Gasteiger partial charge < -0.3 is 30.6 Å². The van der Waals surface area contributed by atoms with Crippen LogP contribution in [0.5, 0.6) is 11.5 Å². The van der Waals surface area contributed by atoms with Crippen LogP contribution in [0.4, 0.5) is 5.82 Å². The molecule has 170 valence electrons. The van der Waals surface area contributed by atoms with Gasteiger partial charge in [-0.1, -0.05) is 30.3 Å². The van der Waals surface area contributed by atoms with Crippen molar-refractivity contribution in [2.75, 3.05) is 18.9 Å². The van der Waals surface area contributed by atoms with Crippen LogP contribution in [-0.4, -0.2) is 49.9 Å². The lowest BCUT2D eigenvalue weighted by Crippen LogP contribution is -2.37. The number of hydrogen-bond acceptors (Lipinski definition) is 7. The molecule has 0 radical (unpaired) electrons. The molecule has 2 aromatic heterocycles. The van der Waals surface area contributed by atoms with Gasteiger partial charge in [-0.15, -0.1) is 0 Å². The Hall–Kier alpha value is -3.95. The number of nitrogens with zero attached hydrogens (tertiary/aromatic N) is 3. The molecule has 4 rings (SSSR count). The van der Waals surface area contributed by atoms with E-state index in [1.54, 1.807) is 11.5 Å². The van der Waals surface area contributed by atoms with Gasteiger partial charge >= 0.3 is 0 Å². The molecule has 0 spiro atoms. The van der Waals surface area contributed by atoms with Crippen LogP contribution in [0.2, 0.25) is 0 Å². The summed E-state index contributed by atoms with van der Waals surface area (Å²) in [5.41, 5.74) is 8.35. The van der Waals surface area contributed by atoms with Crippen LogP contribution in [0.25, 0.3) is 22.2 Å². The van der Waals surface area contributed by atoms with Gasteiger partial charge in [-0.25, -0.2) is 9.97 Å². The molecule has 9 nitrogen and oxygen atoms in total.